The molecule has 1 aliphatic rings. The van der Waals surface area contributed by atoms with Gasteiger partial charge in [-0.05, 0) is 60.0 Å². The monoisotopic (exact) mass is 391 g/mol. The van der Waals surface area contributed by atoms with Crippen LogP contribution in [0.3, 0.4) is 0 Å². The Kier molecular flexibility index (Phi) is 5.96. The van der Waals surface area contributed by atoms with Crippen molar-refractivity contribution < 1.29 is 18.8 Å². The number of amides is 1. The summed E-state index contributed by atoms with van der Waals surface area (Å²) in [6.07, 6.45) is 2.66. The number of carbonyl (C=O) groups excluding carboxylic acids is 1. The van der Waals surface area contributed by atoms with Gasteiger partial charge in [-0.3, -0.25) is 0 Å². The summed E-state index contributed by atoms with van der Waals surface area (Å²) in [6, 6.07) is 0. The van der Waals surface area contributed by atoms with Crippen LogP contribution in [0, 0.1) is 0 Å². The molecule has 1 aromatic heterocycles. The molecule has 2 rings (SSSR count). The number of nitrogen functional groups attached to an aromatic ring is 2. The van der Waals surface area contributed by atoms with Crippen LogP contribution < -0.4 is 16.8 Å². The molecule has 9 nitrogen and oxygen atoms in total. The molecule has 0 spiro atoms. The van der Waals surface area contributed by atoms with Crippen molar-refractivity contribution in [3.05, 3.63) is 17.4 Å². The van der Waals surface area contributed by atoms with Crippen LogP contribution in [0.1, 0.15) is 54.2 Å². The molecule has 0 unspecified atom stereocenters. The van der Waals surface area contributed by atoms with Gasteiger partial charge in [0.2, 0.25) is 0 Å². The van der Waals surface area contributed by atoms with Crippen molar-refractivity contribution in [2.45, 2.75) is 65.3 Å². The van der Waals surface area contributed by atoms with E-state index < -0.39 is 30.0 Å². The molecule has 0 aromatic carbocycles. The number of aromatic nitrogens is 2. The minimum Gasteiger partial charge on any atom is -0.444 e. The zero-order chi connectivity index (χ0) is 21.3. The molecule has 0 saturated carbocycles. The predicted molar refractivity (Wildman–Crippen MR) is 109 cm³/mol. The molecule has 10 heteroatoms. The van der Waals surface area contributed by atoms with Gasteiger partial charge in [-0.15, -0.1) is 0 Å². The summed E-state index contributed by atoms with van der Waals surface area (Å²) >= 11 is 0. The number of nitrogens with one attached hydrogen (secondary N) is 1. The number of nitrogens with two attached hydrogens (primary N) is 2. The Balaban J connectivity index is 2.27. The molecule has 0 atom stereocenters. The van der Waals surface area contributed by atoms with E-state index in [2.05, 4.69) is 15.3 Å². The van der Waals surface area contributed by atoms with Gasteiger partial charge in [-0.25, -0.2) is 14.8 Å². The molecule has 28 heavy (non-hydrogen) atoms. The van der Waals surface area contributed by atoms with Crippen molar-refractivity contribution in [2.24, 2.45) is 0 Å². The van der Waals surface area contributed by atoms with E-state index in [9.17, 15) is 4.79 Å². The molecule has 1 aliphatic heterocycles. The standard InChI is InChI=1S/C18H30BN5O4/c1-16(2,3)26-15(25)23-9-11(8-12-10-22-13(20)14(21)24-12)19-27-17(4,5)18(6,7)28-19/h8,10H,9H2,1-7H3,(H2,20,22)(H2,21,24)(H,23,25). The van der Waals surface area contributed by atoms with Gasteiger partial charge in [0, 0.05) is 6.54 Å². The SMILES string of the molecule is CC(C)(C)OC(=O)NCC(=Cc1cnc(N)c(N)n1)B1OC(C)(C)C(C)(C)O1. The van der Waals surface area contributed by atoms with Crippen LogP contribution in [0.5, 0.6) is 0 Å². The number of alkyl carbamates (subject to hydrolysis) is 1. The average Bonchev–Trinajstić information content (AvgIpc) is 2.73. The maximum Gasteiger partial charge on any atom is 0.492 e. The molecule has 1 saturated heterocycles. The van der Waals surface area contributed by atoms with Crippen molar-refractivity contribution in [2.75, 3.05) is 18.0 Å². The lowest BCUT2D eigenvalue weighted by molar-refractivity contribution is 0.00578. The van der Waals surface area contributed by atoms with Gasteiger partial charge >= 0.3 is 13.2 Å². The van der Waals surface area contributed by atoms with E-state index in [0.717, 1.165) is 0 Å². The van der Waals surface area contributed by atoms with Crippen LogP contribution >= 0.6 is 0 Å². The Bertz CT molecular complexity index is 758. The lowest BCUT2D eigenvalue weighted by Crippen LogP contribution is -2.41. The summed E-state index contributed by atoms with van der Waals surface area (Å²) in [5.74, 6) is 0.281. The Labute approximate surface area is 166 Å². The van der Waals surface area contributed by atoms with E-state index in [0.29, 0.717) is 11.2 Å². The molecular weight excluding hydrogens is 361 g/mol. The van der Waals surface area contributed by atoms with Crippen molar-refractivity contribution in [3.8, 4) is 0 Å². The van der Waals surface area contributed by atoms with Crippen molar-refractivity contribution >= 4 is 30.9 Å². The number of ether oxygens (including phenoxy) is 1. The summed E-state index contributed by atoms with van der Waals surface area (Å²) < 4.78 is 17.5. The zero-order valence-electron chi connectivity index (χ0n) is 17.6. The number of carbonyl (C=O) groups is 1. The first-order chi connectivity index (χ1) is 12.7. The van der Waals surface area contributed by atoms with E-state index in [1.54, 1.807) is 26.8 Å². The smallest absolute Gasteiger partial charge is 0.444 e. The van der Waals surface area contributed by atoms with Crippen LogP contribution in [-0.4, -0.2) is 46.5 Å². The van der Waals surface area contributed by atoms with Crippen LogP contribution in [-0.2, 0) is 14.0 Å². The Hall–Kier alpha value is -2.33. The van der Waals surface area contributed by atoms with E-state index in [1.165, 1.54) is 6.20 Å². The van der Waals surface area contributed by atoms with Crippen LogP contribution in [0.4, 0.5) is 16.4 Å². The molecular formula is C18H30BN5O4. The highest BCUT2D eigenvalue weighted by Crippen LogP contribution is 2.38. The molecule has 2 heterocycles. The second-order valence-electron chi connectivity index (χ2n) is 8.73. The number of rotatable bonds is 4. The molecule has 1 fully saturated rings. The second-order valence-corrected chi connectivity index (χ2v) is 8.73. The van der Waals surface area contributed by atoms with Gasteiger partial charge in [-0.1, -0.05) is 0 Å². The fraction of sp³-hybridized carbons (Fsp3) is 0.611. The summed E-state index contributed by atoms with van der Waals surface area (Å²) in [6.45, 7) is 13.3. The van der Waals surface area contributed by atoms with Gasteiger partial charge in [0.05, 0.1) is 23.1 Å². The third-order valence-electron chi connectivity index (χ3n) is 4.57. The average molecular weight is 391 g/mol. The molecule has 0 radical (unpaired) electrons. The topological polar surface area (TPSA) is 135 Å². The zero-order valence-corrected chi connectivity index (χ0v) is 17.6. The molecule has 1 amide bonds. The largest absolute Gasteiger partial charge is 0.492 e. The van der Waals surface area contributed by atoms with Gasteiger partial charge < -0.3 is 30.8 Å². The van der Waals surface area contributed by atoms with E-state index in [4.69, 9.17) is 25.5 Å². The first kappa shape index (κ1) is 22.0. The molecule has 154 valence electrons. The van der Waals surface area contributed by atoms with Crippen molar-refractivity contribution in [1.82, 2.24) is 15.3 Å². The number of anilines is 2. The lowest BCUT2D eigenvalue weighted by Gasteiger charge is -2.32. The minimum atomic E-state index is -0.680. The maximum absolute atomic E-state index is 12.1. The molecule has 5 N–H and O–H groups in total. The van der Waals surface area contributed by atoms with Gasteiger partial charge in [0.25, 0.3) is 0 Å². The van der Waals surface area contributed by atoms with E-state index >= 15 is 0 Å². The van der Waals surface area contributed by atoms with E-state index in [1.807, 2.05) is 27.7 Å². The van der Waals surface area contributed by atoms with Crippen LogP contribution in [0.2, 0.25) is 0 Å². The lowest BCUT2D eigenvalue weighted by atomic mass is 9.77. The fourth-order valence-corrected chi connectivity index (χ4v) is 2.37. The Morgan fingerprint density at radius 2 is 1.79 bits per heavy atom. The molecule has 1 aromatic rings. The highest BCUT2D eigenvalue weighted by molar-refractivity contribution is 6.56. The fourth-order valence-electron chi connectivity index (χ4n) is 2.37. The summed E-state index contributed by atoms with van der Waals surface area (Å²) in [7, 11) is -0.680. The number of hydrogen-bond acceptors (Lipinski definition) is 8. The van der Waals surface area contributed by atoms with E-state index in [-0.39, 0.29) is 18.2 Å². The first-order valence-corrected chi connectivity index (χ1v) is 9.11. The summed E-state index contributed by atoms with van der Waals surface area (Å²) in [5, 5.41) is 2.72. The normalized spacial score (nSPS) is 18.8. The van der Waals surface area contributed by atoms with Gasteiger partial charge in [0.1, 0.15) is 5.60 Å². The van der Waals surface area contributed by atoms with Gasteiger partial charge in [0.15, 0.2) is 11.6 Å². The van der Waals surface area contributed by atoms with Gasteiger partial charge in [-0.2, -0.15) is 0 Å². The Morgan fingerprint density at radius 3 is 2.29 bits per heavy atom. The summed E-state index contributed by atoms with van der Waals surface area (Å²) in [5.41, 5.74) is 10.8. The first-order valence-electron chi connectivity index (χ1n) is 9.11. The highest BCUT2D eigenvalue weighted by Gasteiger charge is 2.52. The number of nitrogens with zero attached hydrogens (tertiary/aromatic N) is 2. The van der Waals surface area contributed by atoms with Crippen molar-refractivity contribution in [3.63, 3.8) is 0 Å². The second kappa shape index (κ2) is 7.59. The predicted octanol–water partition coefficient (Wildman–Crippen LogP) is 2.18. The molecule has 0 bridgehead atoms. The molecule has 0 aliphatic carbocycles. The highest BCUT2D eigenvalue weighted by atomic mass is 16.7. The van der Waals surface area contributed by atoms with Crippen molar-refractivity contribution in [1.29, 1.82) is 0 Å². The Morgan fingerprint density at radius 1 is 1.21 bits per heavy atom. The summed E-state index contributed by atoms with van der Waals surface area (Å²) in [4.78, 5) is 20.3. The number of hydrogen-bond donors (Lipinski definition) is 3. The van der Waals surface area contributed by atoms with Crippen LogP contribution in [0.25, 0.3) is 6.08 Å². The quantitative estimate of drug-likeness (QED) is 0.665. The maximum atomic E-state index is 12.1. The van der Waals surface area contributed by atoms with Crippen LogP contribution in [0.15, 0.2) is 11.7 Å². The third kappa shape index (κ3) is 5.36. The minimum absolute atomic E-state index is 0.127. The third-order valence-corrected chi connectivity index (χ3v) is 4.57.